The Morgan fingerprint density at radius 1 is 1.08 bits per heavy atom. The van der Waals surface area contributed by atoms with E-state index in [0.29, 0.717) is 17.2 Å². The molecule has 0 aliphatic carbocycles. The lowest BCUT2D eigenvalue weighted by Crippen LogP contribution is -2.26. The molecule has 2 aromatic rings. The summed E-state index contributed by atoms with van der Waals surface area (Å²) in [6.07, 6.45) is 5.20. The monoisotopic (exact) mass is 358 g/mol. The zero-order valence-corrected chi connectivity index (χ0v) is 15.8. The minimum absolute atomic E-state index is 0.250. The van der Waals surface area contributed by atoms with Crippen molar-refractivity contribution in [1.29, 1.82) is 0 Å². The molecule has 0 bridgehead atoms. The van der Waals surface area contributed by atoms with Crippen LogP contribution in [-0.2, 0) is 0 Å². The molecule has 0 saturated carbocycles. The van der Waals surface area contributed by atoms with Gasteiger partial charge in [0.25, 0.3) is 5.91 Å². The molecule has 1 heterocycles. The molecule has 0 saturated heterocycles. The SMILES string of the molecule is CCCN(CCC)c1cnc(C(=O)Nc2ccc(OC)cc2OC)cn1. The van der Waals surface area contributed by atoms with Gasteiger partial charge in [-0.2, -0.15) is 0 Å². The Morgan fingerprint density at radius 3 is 2.35 bits per heavy atom. The van der Waals surface area contributed by atoms with Crippen molar-refractivity contribution >= 4 is 17.4 Å². The standard InChI is InChI=1S/C19H26N4O3/c1-5-9-23(10-6-2)18-13-20-16(12-21-18)19(24)22-15-8-7-14(25-3)11-17(15)26-4/h7-8,11-13H,5-6,9-10H2,1-4H3,(H,22,24). The number of nitrogens with zero attached hydrogens (tertiary/aromatic N) is 3. The molecule has 0 atom stereocenters. The van der Waals surface area contributed by atoms with E-state index in [4.69, 9.17) is 9.47 Å². The van der Waals surface area contributed by atoms with Gasteiger partial charge in [-0.3, -0.25) is 4.79 Å². The van der Waals surface area contributed by atoms with Crippen LogP contribution in [0.4, 0.5) is 11.5 Å². The van der Waals surface area contributed by atoms with Crippen LogP contribution in [0.3, 0.4) is 0 Å². The van der Waals surface area contributed by atoms with E-state index in [-0.39, 0.29) is 11.6 Å². The molecule has 0 unspecified atom stereocenters. The van der Waals surface area contributed by atoms with E-state index in [1.165, 1.54) is 13.3 Å². The number of benzene rings is 1. The highest BCUT2D eigenvalue weighted by Gasteiger charge is 2.14. The normalized spacial score (nSPS) is 10.3. The van der Waals surface area contributed by atoms with Crippen molar-refractivity contribution in [2.75, 3.05) is 37.5 Å². The maximum atomic E-state index is 12.5. The van der Waals surface area contributed by atoms with Crippen molar-refractivity contribution < 1.29 is 14.3 Å². The second kappa shape index (κ2) is 9.60. The highest BCUT2D eigenvalue weighted by Crippen LogP contribution is 2.29. The lowest BCUT2D eigenvalue weighted by molar-refractivity contribution is 0.102. The molecule has 7 heteroatoms. The van der Waals surface area contributed by atoms with E-state index >= 15 is 0 Å². The highest BCUT2D eigenvalue weighted by atomic mass is 16.5. The topological polar surface area (TPSA) is 76.6 Å². The number of anilines is 2. The predicted molar refractivity (Wildman–Crippen MR) is 102 cm³/mol. The zero-order chi connectivity index (χ0) is 18.9. The summed E-state index contributed by atoms with van der Waals surface area (Å²) in [7, 11) is 3.11. The molecule has 0 spiro atoms. The van der Waals surface area contributed by atoms with Crippen molar-refractivity contribution in [3.05, 3.63) is 36.3 Å². The Morgan fingerprint density at radius 2 is 1.81 bits per heavy atom. The number of rotatable bonds is 9. The fraction of sp³-hybridized carbons (Fsp3) is 0.421. The Bertz CT molecular complexity index is 713. The maximum Gasteiger partial charge on any atom is 0.275 e. The number of carbonyl (C=O) groups excluding carboxylic acids is 1. The molecular formula is C19H26N4O3. The summed E-state index contributed by atoms with van der Waals surface area (Å²) in [5.74, 6) is 1.60. The van der Waals surface area contributed by atoms with Crippen LogP contribution in [0.5, 0.6) is 11.5 Å². The zero-order valence-electron chi connectivity index (χ0n) is 15.8. The van der Waals surface area contributed by atoms with E-state index in [1.54, 1.807) is 31.5 Å². The summed E-state index contributed by atoms with van der Waals surface area (Å²) >= 11 is 0. The van der Waals surface area contributed by atoms with Crippen LogP contribution in [0.25, 0.3) is 0 Å². The fourth-order valence-corrected chi connectivity index (χ4v) is 2.57. The smallest absolute Gasteiger partial charge is 0.275 e. The molecule has 1 aromatic carbocycles. The summed E-state index contributed by atoms with van der Waals surface area (Å²) < 4.78 is 10.4. The summed E-state index contributed by atoms with van der Waals surface area (Å²) in [5.41, 5.74) is 0.794. The van der Waals surface area contributed by atoms with Crippen molar-refractivity contribution in [2.45, 2.75) is 26.7 Å². The number of aromatic nitrogens is 2. The van der Waals surface area contributed by atoms with Gasteiger partial charge in [0.1, 0.15) is 23.0 Å². The van der Waals surface area contributed by atoms with Gasteiger partial charge in [-0.15, -0.1) is 0 Å². The lowest BCUT2D eigenvalue weighted by Gasteiger charge is -2.22. The molecule has 1 N–H and O–H groups in total. The summed E-state index contributed by atoms with van der Waals surface area (Å²) in [6, 6.07) is 5.18. The largest absolute Gasteiger partial charge is 0.497 e. The molecule has 0 aliphatic heterocycles. The van der Waals surface area contributed by atoms with Crippen LogP contribution < -0.4 is 19.7 Å². The van der Waals surface area contributed by atoms with Gasteiger partial charge in [-0.25, -0.2) is 9.97 Å². The average molecular weight is 358 g/mol. The number of carbonyl (C=O) groups is 1. The van der Waals surface area contributed by atoms with Gasteiger partial charge in [0.05, 0.1) is 32.3 Å². The highest BCUT2D eigenvalue weighted by molar-refractivity contribution is 6.03. The number of hydrogen-bond donors (Lipinski definition) is 1. The molecule has 1 aromatic heterocycles. The molecule has 2 rings (SSSR count). The van der Waals surface area contributed by atoms with Gasteiger partial charge < -0.3 is 19.7 Å². The molecule has 0 fully saturated rings. The third kappa shape index (κ3) is 4.84. The molecule has 26 heavy (non-hydrogen) atoms. The predicted octanol–water partition coefficient (Wildman–Crippen LogP) is 3.37. The Hall–Kier alpha value is -2.83. The van der Waals surface area contributed by atoms with E-state index in [0.717, 1.165) is 31.7 Å². The number of ether oxygens (including phenoxy) is 2. The molecular weight excluding hydrogens is 332 g/mol. The van der Waals surface area contributed by atoms with Gasteiger partial charge in [-0.1, -0.05) is 13.8 Å². The minimum atomic E-state index is -0.343. The quantitative estimate of drug-likeness (QED) is 0.741. The number of methoxy groups -OCH3 is 2. The van der Waals surface area contributed by atoms with Gasteiger partial charge in [-0.05, 0) is 25.0 Å². The Kier molecular flexibility index (Phi) is 7.20. The summed E-state index contributed by atoms with van der Waals surface area (Å²) in [4.78, 5) is 23.3. The molecule has 0 aliphatic rings. The fourth-order valence-electron chi connectivity index (χ4n) is 2.57. The molecule has 7 nitrogen and oxygen atoms in total. The minimum Gasteiger partial charge on any atom is -0.497 e. The lowest BCUT2D eigenvalue weighted by atomic mass is 10.2. The van der Waals surface area contributed by atoms with Crippen LogP contribution in [0.1, 0.15) is 37.2 Å². The molecule has 1 amide bonds. The van der Waals surface area contributed by atoms with Crippen molar-refractivity contribution in [2.24, 2.45) is 0 Å². The van der Waals surface area contributed by atoms with Crippen LogP contribution >= 0.6 is 0 Å². The van der Waals surface area contributed by atoms with Gasteiger partial charge in [0.2, 0.25) is 0 Å². The first-order valence-electron chi connectivity index (χ1n) is 8.73. The average Bonchev–Trinajstić information content (AvgIpc) is 2.68. The van der Waals surface area contributed by atoms with E-state index < -0.39 is 0 Å². The van der Waals surface area contributed by atoms with E-state index in [9.17, 15) is 4.79 Å². The number of nitrogens with one attached hydrogen (secondary N) is 1. The van der Waals surface area contributed by atoms with Crippen molar-refractivity contribution in [1.82, 2.24) is 9.97 Å². The first-order valence-corrected chi connectivity index (χ1v) is 8.73. The van der Waals surface area contributed by atoms with Crippen LogP contribution in [0.15, 0.2) is 30.6 Å². The second-order valence-corrected chi connectivity index (χ2v) is 5.77. The first-order chi connectivity index (χ1) is 12.6. The van der Waals surface area contributed by atoms with E-state index in [2.05, 4.69) is 34.0 Å². The third-order valence-electron chi connectivity index (χ3n) is 3.84. The van der Waals surface area contributed by atoms with Crippen LogP contribution in [0.2, 0.25) is 0 Å². The second-order valence-electron chi connectivity index (χ2n) is 5.77. The van der Waals surface area contributed by atoms with E-state index in [1.807, 2.05) is 0 Å². The van der Waals surface area contributed by atoms with Crippen molar-refractivity contribution in [3.63, 3.8) is 0 Å². The molecule has 0 radical (unpaired) electrons. The molecule has 140 valence electrons. The number of hydrogen-bond acceptors (Lipinski definition) is 6. The first kappa shape index (κ1) is 19.5. The van der Waals surface area contributed by atoms with Gasteiger partial charge in [0.15, 0.2) is 0 Å². The van der Waals surface area contributed by atoms with Crippen LogP contribution in [-0.4, -0.2) is 43.2 Å². The summed E-state index contributed by atoms with van der Waals surface area (Å²) in [6.45, 7) is 6.08. The summed E-state index contributed by atoms with van der Waals surface area (Å²) in [5, 5.41) is 2.79. The van der Waals surface area contributed by atoms with Crippen LogP contribution in [0, 0.1) is 0 Å². The third-order valence-corrected chi connectivity index (χ3v) is 3.84. The van der Waals surface area contributed by atoms with Crippen molar-refractivity contribution in [3.8, 4) is 11.5 Å². The Balaban J connectivity index is 2.13. The number of amides is 1. The van der Waals surface area contributed by atoms with Gasteiger partial charge >= 0.3 is 0 Å². The Labute approximate surface area is 154 Å². The maximum absolute atomic E-state index is 12.5. The van der Waals surface area contributed by atoms with Gasteiger partial charge in [0, 0.05) is 19.2 Å².